The first-order valence-corrected chi connectivity index (χ1v) is 7.82. The predicted octanol–water partition coefficient (Wildman–Crippen LogP) is 2.35. The second-order valence-electron chi connectivity index (χ2n) is 4.81. The number of carbonyl (C=O) groups is 1. The molecule has 8 heteroatoms. The van der Waals surface area contributed by atoms with E-state index in [-0.39, 0.29) is 24.7 Å². The number of nitro groups is 1. The lowest BCUT2D eigenvalue weighted by Gasteiger charge is -2.08. The van der Waals surface area contributed by atoms with Crippen LogP contribution in [0.3, 0.4) is 0 Å². The molecule has 24 heavy (non-hydrogen) atoms. The Balaban J connectivity index is 2.10. The lowest BCUT2D eigenvalue weighted by atomic mass is 10.3. The molecule has 0 heterocycles. The molecule has 0 saturated carbocycles. The van der Waals surface area contributed by atoms with E-state index in [0.29, 0.717) is 13.2 Å². The zero-order valence-electron chi connectivity index (χ0n) is 13.8. The fourth-order valence-electron chi connectivity index (χ4n) is 1.69. The summed E-state index contributed by atoms with van der Waals surface area (Å²) in [6.45, 7) is 3.71. The van der Waals surface area contributed by atoms with Gasteiger partial charge in [0.15, 0.2) is 12.4 Å². The van der Waals surface area contributed by atoms with Gasteiger partial charge in [0.05, 0.1) is 24.7 Å². The van der Waals surface area contributed by atoms with Gasteiger partial charge in [0.1, 0.15) is 6.61 Å². The van der Waals surface area contributed by atoms with Crippen molar-refractivity contribution in [2.24, 2.45) is 0 Å². The first-order chi connectivity index (χ1) is 11.6. The minimum Gasteiger partial charge on any atom is -0.475 e. The normalized spacial score (nSPS) is 10.4. The second kappa shape index (κ2) is 12.3. The molecule has 0 N–H and O–H groups in total. The molecular weight excluding hydrogens is 318 g/mol. The van der Waals surface area contributed by atoms with Crippen molar-refractivity contribution >= 4 is 11.7 Å². The molecule has 0 amide bonds. The Morgan fingerprint density at radius 3 is 2.46 bits per heavy atom. The molecule has 0 bridgehead atoms. The summed E-state index contributed by atoms with van der Waals surface area (Å²) >= 11 is 0. The maximum Gasteiger partial charge on any atom is 0.344 e. The largest absolute Gasteiger partial charge is 0.475 e. The summed E-state index contributed by atoms with van der Waals surface area (Å²) in [6.07, 6.45) is 2.11. The molecule has 1 aromatic carbocycles. The third kappa shape index (κ3) is 8.44. The van der Waals surface area contributed by atoms with Crippen LogP contribution in [0.5, 0.6) is 5.75 Å². The number of rotatable bonds is 13. The van der Waals surface area contributed by atoms with Crippen LogP contribution in [0.4, 0.5) is 5.69 Å². The van der Waals surface area contributed by atoms with Crippen LogP contribution in [0.1, 0.15) is 19.8 Å². The lowest BCUT2D eigenvalue weighted by molar-refractivity contribution is -0.385. The highest BCUT2D eigenvalue weighted by atomic mass is 16.6. The molecule has 1 aromatic rings. The fourth-order valence-corrected chi connectivity index (χ4v) is 1.69. The first kappa shape index (κ1) is 19.9. The Bertz CT molecular complexity index is 507. The minimum absolute atomic E-state index is 0.0277. The molecule has 0 spiro atoms. The summed E-state index contributed by atoms with van der Waals surface area (Å²) < 4.78 is 20.6. The van der Waals surface area contributed by atoms with E-state index in [4.69, 9.17) is 18.9 Å². The highest BCUT2D eigenvalue weighted by Crippen LogP contribution is 2.25. The molecule has 0 aliphatic heterocycles. The van der Waals surface area contributed by atoms with Crippen LogP contribution in [0.15, 0.2) is 24.3 Å². The summed E-state index contributed by atoms with van der Waals surface area (Å²) in [5, 5.41) is 10.8. The number of benzene rings is 1. The average Bonchev–Trinajstić information content (AvgIpc) is 2.58. The molecule has 0 fully saturated rings. The maximum absolute atomic E-state index is 11.5. The highest BCUT2D eigenvalue weighted by Gasteiger charge is 2.15. The molecule has 0 aliphatic carbocycles. The number of carbonyl (C=O) groups excluding carboxylic acids is 1. The molecule has 134 valence electrons. The Kier molecular flexibility index (Phi) is 10.1. The van der Waals surface area contributed by atoms with Gasteiger partial charge in [-0.3, -0.25) is 10.1 Å². The predicted molar refractivity (Wildman–Crippen MR) is 86.1 cm³/mol. The van der Waals surface area contributed by atoms with E-state index in [1.54, 1.807) is 6.07 Å². The zero-order valence-corrected chi connectivity index (χ0v) is 13.8. The number of hydrogen-bond donors (Lipinski definition) is 0. The number of esters is 1. The summed E-state index contributed by atoms with van der Waals surface area (Å²) in [4.78, 5) is 21.7. The summed E-state index contributed by atoms with van der Waals surface area (Å²) in [5.41, 5.74) is -0.197. The molecule has 0 aliphatic rings. The van der Waals surface area contributed by atoms with E-state index in [2.05, 4.69) is 6.92 Å². The third-order valence-electron chi connectivity index (χ3n) is 2.91. The zero-order chi connectivity index (χ0) is 17.6. The quantitative estimate of drug-likeness (QED) is 0.235. The number of nitrogens with zero attached hydrogens (tertiary/aromatic N) is 1. The van der Waals surface area contributed by atoms with E-state index >= 15 is 0 Å². The van der Waals surface area contributed by atoms with Crippen LogP contribution < -0.4 is 4.74 Å². The number of unbranched alkanes of at least 4 members (excludes halogenated alkanes) is 1. The van der Waals surface area contributed by atoms with Gasteiger partial charge < -0.3 is 18.9 Å². The molecule has 0 atom stereocenters. The van der Waals surface area contributed by atoms with Crippen LogP contribution in [-0.2, 0) is 19.0 Å². The number of nitro benzene ring substituents is 1. The van der Waals surface area contributed by atoms with E-state index in [0.717, 1.165) is 19.4 Å². The van der Waals surface area contributed by atoms with Crippen LogP contribution in [0, 0.1) is 10.1 Å². The molecule has 0 saturated heterocycles. The number of para-hydroxylation sites is 2. The van der Waals surface area contributed by atoms with Gasteiger partial charge in [-0.05, 0) is 12.5 Å². The van der Waals surface area contributed by atoms with E-state index < -0.39 is 17.5 Å². The van der Waals surface area contributed by atoms with Gasteiger partial charge in [0.2, 0.25) is 0 Å². The Morgan fingerprint density at radius 1 is 1.08 bits per heavy atom. The van der Waals surface area contributed by atoms with Crippen molar-refractivity contribution in [1.82, 2.24) is 0 Å². The van der Waals surface area contributed by atoms with Crippen molar-refractivity contribution in [2.45, 2.75) is 19.8 Å². The van der Waals surface area contributed by atoms with Gasteiger partial charge in [-0.1, -0.05) is 25.5 Å². The van der Waals surface area contributed by atoms with Crippen molar-refractivity contribution in [3.8, 4) is 5.75 Å². The topological polar surface area (TPSA) is 97.1 Å². The molecule has 8 nitrogen and oxygen atoms in total. The van der Waals surface area contributed by atoms with Crippen molar-refractivity contribution in [3.63, 3.8) is 0 Å². The molecule has 0 unspecified atom stereocenters. The molecule has 0 radical (unpaired) electrons. The summed E-state index contributed by atoms with van der Waals surface area (Å²) in [5.74, 6) is -0.587. The van der Waals surface area contributed by atoms with Gasteiger partial charge in [-0.15, -0.1) is 0 Å². The molecule has 0 aromatic heterocycles. The van der Waals surface area contributed by atoms with Crippen molar-refractivity contribution in [1.29, 1.82) is 0 Å². The lowest BCUT2D eigenvalue weighted by Crippen LogP contribution is -2.18. The van der Waals surface area contributed by atoms with Gasteiger partial charge in [-0.25, -0.2) is 4.79 Å². The van der Waals surface area contributed by atoms with Gasteiger partial charge in [0.25, 0.3) is 0 Å². The number of ether oxygens (including phenoxy) is 4. The maximum atomic E-state index is 11.5. The smallest absolute Gasteiger partial charge is 0.344 e. The first-order valence-electron chi connectivity index (χ1n) is 7.82. The standard InChI is InChI=1S/C16H23NO7/c1-2-3-8-21-9-10-22-11-12-23-16(18)13-24-15-7-5-4-6-14(15)17(19)20/h4-7H,2-3,8-13H2,1H3. The van der Waals surface area contributed by atoms with E-state index in [1.807, 2.05) is 0 Å². The Hall–Kier alpha value is -2.19. The minimum atomic E-state index is -0.615. The van der Waals surface area contributed by atoms with Gasteiger partial charge >= 0.3 is 11.7 Å². The molecule has 1 rings (SSSR count). The van der Waals surface area contributed by atoms with Gasteiger partial charge in [-0.2, -0.15) is 0 Å². The van der Waals surface area contributed by atoms with Crippen LogP contribution in [0.2, 0.25) is 0 Å². The van der Waals surface area contributed by atoms with Crippen molar-refractivity contribution < 1.29 is 28.7 Å². The van der Waals surface area contributed by atoms with E-state index in [1.165, 1.54) is 18.2 Å². The second-order valence-corrected chi connectivity index (χ2v) is 4.81. The van der Waals surface area contributed by atoms with Crippen LogP contribution >= 0.6 is 0 Å². The SMILES string of the molecule is CCCCOCCOCCOC(=O)COc1ccccc1[N+](=O)[O-]. The summed E-state index contributed by atoms with van der Waals surface area (Å²) in [6, 6.07) is 5.83. The summed E-state index contributed by atoms with van der Waals surface area (Å²) in [7, 11) is 0. The van der Waals surface area contributed by atoms with Crippen LogP contribution in [0.25, 0.3) is 0 Å². The van der Waals surface area contributed by atoms with Crippen molar-refractivity contribution in [3.05, 3.63) is 34.4 Å². The average molecular weight is 341 g/mol. The van der Waals surface area contributed by atoms with Crippen molar-refractivity contribution in [2.75, 3.05) is 39.6 Å². The third-order valence-corrected chi connectivity index (χ3v) is 2.91. The number of hydrogen-bond acceptors (Lipinski definition) is 7. The molecular formula is C16H23NO7. The Morgan fingerprint density at radius 2 is 1.75 bits per heavy atom. The Labute approximate surface area is 140 Å². The van der Waals surface area contributed by atoms with Crippen LogP contribution in [-0.4, -0.2) is 50.5 Å². The highest BCUT2D eigenvalue weighted by molar-refractivity contribution is 5.71. The fraction of sp³-hybridized carbons (Fsp3) is 0.562. The van der Waals surface area contributed by atoms with E-state index in [9.17, 15) is 14.9 Å². The van der Waals surface area contributed by atoms with Gasteiger partial charge in [0, 0.05) is 12.7 Å². The monoisotopic (exact) mass is 341 g/mol.